The molecular weight excluding hydrogens is 380 g/mol. The van der Waals surface area contributed by atoms with E-state index in [4.69, 9.17) is 4.74 Å². The smallest absolute Gasteiger partial charge is 0.204 e. The van der Waals surface area contributed by atoms with Crippen LogP contribution in [-0.4, -0.2) is 12.4 Å². The van der Waals surface area contributed by atoms with Crippen molar-refractivity contribution >= 4 is 49.0 Å². The molecule has 0 saturated carbocycles. The molecule has 2 rings (SSSR count). The SMILES string of the molecule is CCOc1ccc(C(=O)c2sccc2Br)cc1Br. The Bertz CT molecular complexity index is 578. The van der Waals surface area contributed by atoms with Crippen molar-refractivity contribution in [2.75, 3.05) is 6.61 Å². The number of benzene rings is 1. The maximum absolute atomic E-state index is 12.3. The molecule has 1 aromatic heterocycles. The highest BCUT2D eigenvalue weighted by atomic mass is 79.9. The van der Waals surface area contributed by atoms with E-state index in [9.17, 15) is 4.79 Å². The maximum Gasteiger partial charge on any atom is 0.204 e. The number of ketones is 1. The summed E-state index contributed by atoms with van der Waals surface area (Å²) in [4.78, 5) is 13.0. The molecule has 0 aliphatic heterocycles. The molecule has 2 nitrogen and oxygen atoms in total. The first kappa shape index (κ1) is 13.8. The molecule has 0 bridgehead atoms. The fraction of sp³-hybridized carbons (Fsp3) is 0.154. The van der Waals surface area contributed by atoms with E-state index < -0.39 is 0 Å². The monoisotopic (exact) mass is 388 g/mol. The van der Waals surface area contributed by atoms with E-state index in [-0.39, 0.29) is 5.78 Å². The zero-order valence-corrected chi connectivity index (χ0v) is 13.6. The van der Waals surface area contributed by atoms with Crippen LogP contribution in [0.2, 0.25) is 0 Å². The number of halogens is 2. The highest BCUT2D eigenvalue weighted by molar-refractivity contribution is 9.11. The molecule has 0 saturated heterocycles. The largest absolute Gasteiger partial charge is 0.493 e. The summed E-state index contributed by atoms with van der Waals surface area (Å²) in [6.07, 6.45) is 0. The van der Waals surface area contributed by atoms with E-state index in [2.05, 4.69) is 31.9 Å². The molecule has 0 spiro atoms. The normalized spacial score (nSPS) is 10.4. The van der Waals surface area contributed by atoms with E-state index in [1.165, 1.54) is 11.3 Å². The number of rotatable bonds is 4. The van der Waals surface area contributed by atoms with Crippen LogP contribution in [-0.2, 0) is 0 Å². The maximum atomic E-state index is 12.3. The molecule has 0 atom stereocenters. The van der Waals surface area contributed by atoms with Crippen LogP contribution >= 0.6 is 43.2 Å². The van der Waals surface area contributed by atoms with Gasteiger partial charge in [-0.2, -0.15) is 0 Å². The highest BCUT2D eigenvalue weighted by Crippen LogP contribution is 2.30. The van der Waals surface area contributed by atoms with Gasteiger partial charge in [-0.25, -0.2) is 0 Å². The minimum atomic E-state index is 0.0145. The molecule has 18 heavy (non-hydrogen) atoms. The van der Waals surface area contributed by atoms with Gasteiger partial charge in [0.05, 0.1) is 16.0 Å². The van der Waals surface area contributed by atoms with Gasteiger partial charge in [0.2, 0.25) is 5.78 Å². The van der Waals surface area contributed by atoms with Crippen molar-refractivity contribution in [2.24, 2.45) is 0 Å². The summed E-state index contributed by atoms with van der Waals surface area (Å²) in [5.41, 5.74) is 0.647. The lowest BCUT2D eigenvalue weighted by Gasteiger charge is -2.07. The Labute approximate surface area is 126 Å². The third-order valence-electron chi connectivity index (χ3n) is 2.32. The van der Waals surface area contributed by atoms with Crippen LogP contribution in [0.15, 0.2) is 38.6 Å². The van der Waals surface area contributed by atoms with Gasteiger partial charge in [-0.3, -0.25) is 4.79 Å². The molecule has 94 valence electrons. The standard InChI is InChI=1S/C13H10Br2O2S/c1-2-17-11-4-3-8(7-10(11)15)12(16)13-9(14)5-6-18-13/h3-7H,2H2,1H3. The van der Waals surface area contributed by atoms with Gasteiger partial charge in [0.1, 0.15) is 5.75 Å². The quantitative estimate of drug-likeness (QED) is 0.695. The zero-order chi connectivity index (χ0) is 13.1. The molecule has 0 aliphatic rings. The zero-order valence-electron chi connectivity index (χ0n) is 9.57. The fourth-order valence-electron chi connectivity index (χ4n) is 1.50. The Morgan fingerprint density at radius 2 is 2.06 bits per heavy atom. The third kappa shape index (κ3) is 2.84. The first-order chi connectivity index (χ1) is 8.63. The van der Waals surface area contributed by atoms with Gasteiger partial charge in [-0.05, 0) is 68.4 Å². The molecule has 2 aromatic rings. The number of carbonyl (C=O) groups is 1. The van der Waals surface area contributed by atoms with E-state index in [0.717, 1.165) is 14.7 Å². The van der Waals surface area contributed by atoms with Gasteiger partial charge in [-0.15, -0.1) is 11.3 Å². The van der Waals surface area contributed by atoms with E-state index in [0.29, 0.717) is 17.0 Å². The van der Waals surface area contributed by atoms with Gasteiger partial charge in [-0.1, -0.05) is 0 Å². The third-order valence-corrected chi connectivity index (χ3v) is 4.77. The number of hydrogen-bond donors (Lipinski definition) is 0. The second-order valence-corrected chi connectivity index (χ2v) is 6.13. The summed E-state index contributed by atoms with van der Waals surface area (Å²) in [5, 5.41) is 1.89. The summed E-state index contributed by atoms with van der Waals surface area (Å²) in [7, 11) is 0. The van der Waals surface area contributed by atoms with Crippen LogP contribution in [0.1, 0.15) is 22.2 Å². The van der Waals surface area contributed by atoms with Gasteiger partial charge in [0.25, 0.3) is 0 Å². The molecule has 1 aromatic carbocycles. The lowest BCUT2D eigenvalue weighted by Crippen LogP contribution is -2.00. The minimum Gasteiger partial charge on any atom is -0.493 e. The second-order valence-electron chi connectivity index (χ2n) is 3.51. The van der Waals surface area contributed by atoms with Crippen molar-refractivity contribution in [3.8, 4) is 5.75 Å². The summed E-state index contributed by atoms with van der Waals surface area (Å²) >= 11 is 8.22. The predicted octanol–water partition coefficient (Wildman–Crippen LogP) is 4.90. The molecule has 0 radical (unpaired) electrons. The average Bonchev–Trinajstić information content (AvgIpc) is 2.77. The Morgan fingerprint density at radius 1 is 1.28 bits per heavy atom. The van der Waals surface area contributed by atoms with Crippen molar-refractivity contribution in [1.82, 2.24) is 0 Å². The molecular formula is C13H10Br2O2S. The number of ether oxygens (including phenoxy) is 1. The van der Waals surface area contributed by atoms with Crippen molar-refractivity contribution in [3.05, 3.63) is 49.0 Å². The van der Waals surface area contributed by atoms with Crippen LogP contribution in [0.5, 0.6) is 5.75 Å². The Balaban J connectivity index is 2.32. The Hall–Kier alpha value is -0.650. The van der Waals surface area contributed by atoms with Crippen molar-refractivity contribution < 1.29 is 9.53 Å². The lowest BCUT2D eigenvalue weighted by molar-refractivity contribution is 0.104. The summed E-state index contributed by atoms with van der Waals surface area (Å²) in [6.45, 7) is 2.52. The topological polar surface area (TPSA) is 26.3 Å². The summed E-state index contributed by atoms with van der Waals surface area (Å²) < 4.78 is 7.05. The van der Waals surface area contributed by atoms with Crippen LogP contribution in [0.25, 0.3) is 0 Å². The van der Waals surface area contributed by atoms with Crippen LogP contribution in [0.4, 0.5) is 0 Å². The molecule has 0 aliphatic carbocycles. The average molecular weight is 390 g/mol. The van der Waals surface area contributed by atoms with Gasteiger partial charge < -0.3 is 4.74 Å². The van der Waals surface area contributed by atoms with Crippen molar-refractivity contribution in [2.45, 2.75) is 6.92 Å². The second kappa shape index (κ2) is 5.99. The predicted molar refractivity (Wildman–Crippen MR) is 80.8 cm³/mol. The van der Waals surface area contributed by atoms with Crippen molar-refractivity contribution in [3.63, 3.8) is 0 Å². The molecule has 0 amide bonds. The number of thiophene rings is 1. The molecule has 0 fully saturated rings. The van der Waals surface area contributed by atoms with Crippen LogP contribution < -0.4 is 4.74 Å². The van der Waals surface area contributed by atoms with Crippen LogP contribution in [0, 0.1) is 0 Å². The van der Waals surface area contributed by atoms with E-state index in [1.807, 2.05) is 24.4 Å². The van der Waals surface area contributed by atoms with E-state index in [1.54, 1.807) is 12.1 Å². The lowest BCUT2D eigenvalue weighted by atomic mass is 10.1. The number of carbonyl (C=O) groups excluding carboxylic acids is 1. The van der Waals surface area contributed by atoms with E-state index >= 15 is 0 Å². The Kier molecular flexibility index (Phi) is 4.59. The van der Waals surface area contributed by atoms with Gasteiger partial charge >= 0.3 is 0 Å². The Morgan fingerprint density at radius 3 is 2.61 bits per heavy atom. The van der Waals surface area contributed by atoms with Gasteiger partial charge in [0.15, 0.2) is 0 Å². The number of hydrogen-bond acceptors (Lipinski definition) is 3. The molecule has 1 heterocycles. The van der Waals surface area contributed by atoms with Crippen LogP contribution in [0.3, 0.4) is 0 Å². The highest BCUT2D eigenvalue weighted by Gasteiger charge is 2.15. The summed E-state index contributed by atoms with van der Waals surface area (Å²) in [6, 6.07) is 7.26. The molecule has 0 N–H and O–H groups in total. The fourth-order valence-corrected chi connectivity index (χ4v) is 3.51. The first-order valence-electron chi connectivity index (χ1n) is 5.33. The molecule has 0 unspecified atom stereocenters. The molecule has 5 heteroatoms. The minimum absolute atomic E-state index is 0.0145. The van der Waals surface area contributed by atoms with Crippen molar-refractivity contribution in [1.29, 1.82) is 0 Å². The van der Waals surface area contributed by atoms with Gasteiger partial charge in [0, 0.05) is 10.0 Å². The first-order valence-corrected chi connectivity index (χ1v) is 7.80. The summed E-state index contributed by atoms with van der Waals surface area (Å²) in [5.74, 6) is 0.764.